The molecule has 0 fully saturated rings. The van der Waals surface area contributed by atoms with E-state index in [2.05, 4.69) is 20.9 Å². The number of hydrogen-bond acceptors (Lipinski definition) is 9. The number of nitrogens with zero attached hydrogens (tertiary/aromatic N) is 1. The maximum Gasteiger partial charge on any atom is 0.326 e. The Bertz CT molecular complexity index is 905. The maximum atomic E-state index is 12.8. The number of rotatable bonds is 18. The summed E-state index contributed by atoms with van der Waals surface area (Å²) in [6.07, 6.45) is -2.62. The molecule has 4 atom stereocenters. The summed E-state index contributed by atoms with van der Waals surface area (Å²) < 4.78 is 0. The van der Waals surface area contributed by atoms with Gasteiger partial charge < -0.3 is 54.2 Å². The van der Waals surface area contributed by atoms with Gasteiger partial charge in [-0.25, -0.2) is 4.79 Å². The van der Waals surface area contributed by atoms with Crippen LogP contribution in [-0.2, 0) is 33.6 Å². The molecule has 14 N–H and O–H groups in total. The van der Waals surface area contributed by atoms with Gasteiger partial charge in [0.2, 0.25) is 23.6 Å². The molecule has 0 aliphatic carbocycles. The summed E-state index contributed by atoms with van der Waals surface area (Å²) in [4.78, 5) is 86.0. The molecule has 0 spiro atoms. The number of nitrogens with two attached hydrogens (primary N) is 4. The van der Waals surface area contributed by atoms with Crippen molar-refractivity contribution in [1.82, 2.24) is 16.0 Å². The van der Waals surface area contributed by atoms with E-state index < -0.39 is 91.4 Å². The lowest BCUT2D eigenvalue weighted by Gasteiger charge is -2.24. The van der Waals surface area contributed by atoms with Gasteiger partial charge in [0.25, 0.3) is 0 Å². The minimum absolute atomic E-state index is 0.0679. The van der Waals surface area contributed by atoms with E-state index in [1.807, 2.05) is 0 Å². The van der Waals surface area contributed by atoms with Crippen LogP contribution in [0.3, 0.4) is 0 Å². The fourth-order valence-electron chi connectivity index (χ4n) is 2.81. The Morgan fingerprint density at radius 3 is 1.73 bits per heavy atom. The van der Waals surface area contributed by atoms with Crippen molar-refractivity contribution in [2.45, 2.75) is 62.7 Å². The molecule has 0 rings (SSSR count). The molecule has 18 nitrogen and oxygen atoms in total. The molecule has 37 heavy (non-hydrogen) atoms. The summed E-state index contributed by atoms with van der Waals surface area (Å²) in [5.41, 5.74) is 20.9. The van der Waals surface area contributed by atoms with Gasteiger partial charge in [0, 0.05) is 13.0 Å². The zero-order valence-corrected chi connectivity index (χ0v) is 19.7. The second-order valence-electron chi connectivity index (χ2n) is 7.78. The molecule has 0 aliphatic rings. The summed E-state index contributed by atoms with van der Waals surface area (Å²) in [6, 6.07) is -6.31. The largest absolute Gasteiger partial charge is 0.481 e. The number of carbonyl (C=O) groups is 7. The van der Waals surface area contributed by atoms with Crippen molar-refractivity contribution in [3.8, 4) is 0 Å². The average Bonchev–Trinajstić information content (AvgIpc) is 2.76. The Balaban J connectivity index is 5.56. The fraction of sp³-hybridized carbons (Fsp3) is 0.579. The van der Waals surface area contributed by atoms with Gasteiger partial charge in [0.1, 0.15) is 18.1 Å². The highest BCUT2D eigenvalue weighted by Crippen LogP contribution is 2.04. The van der Waals surface area contributed by atoms with Crippen LogP contribution in [0, 0.1) is 0 Å². The van der Waals surface area contributed by atoms with E-state index in [9.17, 15) is 38.7 Å². The molecule has 0 radical (unpaired) electrons. The van der Waals surface area contributed by atoms with Gasteiger partial charge in [-0.05, 0) is 19.3 Å². The van der Waals surface area contributed by atoms with E-state index in [1.54, 1.807) is 0 Å². The average molecular weight is 533 g/mol. The molecule has 18 heteroatoms. The van der Waals surface area contributed by atoms with Crippen LogP contribution >= 0.6 is 0 Å². The number of carbonyl (C=O) groups excluding carboxylic acids is 4. The molecule has 0 saturated heterocycles. The third-order valence-corrected chi connectivity index (χ3v) is 4.61. The van der Waals surface area contributed by atoms with E-state index >= 15 is 0 Å². The van der Waals surface area contributed by atoms with Gasteiger partial charge in [0.15, 0.2) is 5.96 Å². The first-order valence-electron chi connectivity index (χ1n) is 10.8. The molecular formula is C19H32N8O10. The number of aliphatic carboxylic acids is 3. The Morgan fingerprint density at radius 1 is 0.703 bits per heavy atom. The Hall–Kier alpha value is -4.48. The van der Waals surface area contributed by atoms with Crippen molar-refractivity contribution >= 4 is 47.5 Å². The van der Waals surface area contributed by atoms with Crippen LogP contribution in [0.15, 0.2) is 4.99 Å². The summed E-state index contributed by atoms with van der Waals surface area (Å²) in [5.74, 6) is -8.75. The minimum atomic E-state index is -1.69. The third kappa shape index (κ3) is 14.5. The highest BCUT2D eigenvalue weighted by Gasteiger charge is 2.31. The molecule has 0 heterocycles. The fourth-order valence-corrected chi connectivity index (χ4v) is 2.81. The Labute approximate surface area is 210 Å². The first-order chi connectivity index (χ1) is 17.1. The SMILES string of the molecule is NC(=O)CC(NC(=O)C(CCC(=O)O)NC(=O)C(N)CC(=O)O)C(=O)NC(CCCN=C(N)N)C(=O)O. The number of nitrogens with one attached hydrogen (secondary N) is 3. The van der Waals surface area contributed by atoms with Crippen molar-refractivity contribution < 1.29 is 48.9 Å². The Morgan fingerprint density at radius 2 is 1.24 bits per heavy atom. The molecule has 4 amide bonds. The van der Waals surface area contributed by atoms with Gasteiger partial charge in [-0.2, -0.15) is 0 Å². The highest BCUT2D eigenvalue weighted by atomic mass is 16.4. The van der Waals surface area contributed by atoms with Crippen LogP contribution in [-0.4, -0.2) is 93.5 Å². The first kappa shape index (κ1) is 32.5. The zero-order valence-electron chi connectivity index (χ0n) is 19.7. The normalized spacial score (nSPS) is 13.6. The van der Waals surface area contributed by atoms with E-state index in [1.165, 1.54) is 0 Å². The molecule has 0 saturated carbocycles. The maximum absolute atomic E-state index is 12.8. The van der Waals surface area contributed by atoms with Crippen molar-refractivity contribution in [3.05, 3.63) is 0 Å². The highest BCUT2D eigenvalue weighted by molar-refractivity contribution is 5.96. The summed E-state index contributed by atoms with van der Waals surface area (Å²) >= 11 is 0. The van der Waals surface area contributed by atoms with Crippen LogP contribution in [0.4, 0.5) is 0 Å². The van der Waals surface area contributed by atoms with Crippen LogP contribution in [0.2, 0.25) is 0 Å². The predicted molar refractivity (Wildman–Crippen MR) is 124 cm³/mol. The van der Waals surface area contributed by atoms with Gasteiger partial charge in [-0.3, -0.25) is 33.8 Å². The molecule has 208 valence electrons. The predicted octanol–water partition coefficient (Wildman–Crippen LogP) is -4.88. The number of carboxylic acids is 3. The molecule has 0 bridgehead atoms. The van der Waals surface area contributed by atoms with E-state index in [4.69, 9.17) is 33.1 Å². The lowest BCUT2D eigenvalue weighted by molar-refractivity contribution is -0.142. The first-order valence-corrected chi connectivity index (χ1v) is 10.8. The lowest BCUT2D eigenvalue weighted by atomic mass is 10.1. The lowest BCUT2D eigenvalue weighted by Crippen LogP contribution is -2.58. The van der Waals surface area contributed by atoms with Crippen molar-refractivity contribution in [1.29, 1.82) is 0 Å². The summed E-state index contributed by atoms with van der Waals surface area (Å²) in [5, 5.41) is 33.4. The number of hydrogen-bond donors (Lipinski definition) is 10. The van der Waals surface area contributed by atoms with E-state index in [0.717, 1.165) is 0 Å². The van der Waals surface area contributed by atoms with Crippen molar-refractivity contribution in [2.24, 2.45) is 27.9 Å². The van der Waals surface area contributed by atoms with Gasteiger partial charge >= 0.3 is 17.9 Å². The number of amides is 4. The molecule has 0 aromatic rings. The number of aliphatic imine (C=N–C) groups is 1. The molecule has 0 aliphatic heterocycles. The smallest absolute Gasteiger partial charge is 0.326 e. The van der Waals surface area contributed by atoms with Crippen LogP contribution in [0.25, 0.3) is 0 Å². The van der Waals surface area contributed by atoms with Crippen molar-refractivity contribution in [2.75, 3.05) is 6.54 Å². The zero-order chi connectivity index (χ0) is 28.7. The Kier molecular flexibility index (Phi) is 14.3. The number of primary amides is 1. The monoisotopic (exact) mass is 532 g/mol. The summed E-state index contributed by atoms with van der Waals surface area (Å²) in [6.45, 7) is 0.0679. The molecule has 0 aromatic heterocycles. The second kappa shape index (κ2) is 16.2. The van der Waals surface area contributed by atoms with Crippen LogP contribution in [0.1, 0.15) is 38.5 Å². The number of carboxylic acid groups (broad SMARTS) is 3. The molecule has 4 unspecified atom stereocenters. The van der Waals surface area contributed by atoms with Gasteiger partial charge in [-0.1, -0.05) is 0 Å². The quantitative estimate of drug-likeness (QED) is 0.0450. The van der Waals surface area contributed by atoms with Gasteiger partial charge in [-0.15, -0.1) is 0 Å². The standard InChI is InChI=1S/C19H32N8O10/c20-8(6-14(31)32)15(33)25-9(3-4-13(29)30)16(34)27-11(7-12(21)28)17(35)26-10(18(36)37)2-1-5-24-19(22)23/h8-11H,1-7,20H2,(H2,21,28)(H,25,33)(H,26,35)(H,27,34)(H,29,30)(H,31,32)(H,36,37)(H4,22,23,24). The van der Waals surface area contributed by atoms with Gasteiger partial charge in [0.05, 0.1) is 18.9 Å². The van der Waals surface area contributed by atoms with Crippen LogP contribution in [0.5, 0.6) is 0 Å². The topological polar surface area (TPSA) is 333 Å². The van der Waals surface area contributed by atoms with Crippen molar-refractivity contribution in [3.63, 3.8) is 0 Å². The van der Waals surface area contributed by atoms with E-state index in [0.29, 0.717) is 0 Å². The second-order valence-corrected chi connectivity index (χ2v) is 7.78. The van der Waals surface area contributed by atoms with Crippen LogP contribution < -0.4 is 38.9 Å². The summed E-state index contributed by atoms with van der Waals surface area (Å²) in [7, 11) is 0. The molecular weight excluding hydrogens is 500 g/mol. The van der Waals surface area contributed by atoms with E-state index in [-0.39, 0.29) is 25.3 Å². The molecule has 0 aromatic carbocycles. The minimum Gasteiger partial charge on any atom is -0.481 e. The third-order valence-electron chi connectivity index (χ3n) is 4.61. The number of guanidine groups is 1.